The van der Waals surface area contributed by atoms with Crippen molar-refractivity contribution in [3.8, 4) is 136 Å². The van der Waals surface area contributed by atoms with Crippen LogP contribution in [0.25, 0.3) is 91.2 Å². The third-order valence-electron chi connectivity index (χ3n) is 21.3. The van der Waals surface area contributed by atoms with E-state index in [4.69, 9.17) is 18.0 Å². The molecular formula is C107H152Br2ClP9S8Sn. The Kier molecular flexibility index (Phi) is 51.7. The van der Waals surface area contributed by atoms with Crippen molar-refractivity contribution in [1.82, 2.24) is 0 Å². The number of benzene rings is 5. The molecule has 13 aromatic rings. The molecule has 0 fully saturated rings. The number of unbranched alkanes of at least 4 members (excludes halogenated alkanes) is 26. The van der Waals surface area contributed by atoms with Gasteiger partial charge in [0, 0.05) is 87.0 Å². The molecule has 8 aromatic heterocycles. The van der Waals surface area contributed by atoms with Gasteiger partial charge in [-0.3, -0.25) is 0 Å². The Balaban J connectivity index is -0.000000309. The van der Waals surface area contributed by atoms with Gasteiger partial charge in [-0.25, -0.2) is 0 Å². The van der Waals surface area contributed by atoms with Crippen molar-refractivity contribution >= 4 is 291 Å². The summed E-state index contributed by atoms with van der Waals surface area (Å²) in [4.78, 5) is 20.1. The summed E-state index contributed by atoms with van der Waals surface area (Å²) in [6.07, 6.45) is 47.1. The van der Waals surface area contributed by atoms with Crippen LogP contribution in [0.5, 0.6) is 0 Å². The fourth-order valence-corrected chi connectivity index (χ4v) is 91.5. The Hall–Kier alpha value is -2.78. The number of hydrogen-bond acceptors (Lipinski definition) is 8. The number of halogens is 3. The maximum atomic E-state index is 5.54. The van der Waals surface area contributed by atoms with Gasteiger partial charge in [0.1, 0.15) is 0 Å². The second kappa shape index (κ2) is 60.7. The van der Waals surface area contributed by atoms with Crippen LogP contribution in [0.3, 0.4) is 0 Å². The Morgan fingerprint density at radius 1 is 0.375 bits per heavy atom. The molecule has 5 aromatic carbocycles. The van der Waals surface area contributed by atoms with E-state index in [1.165, 1.54) is 299 Å². The van der Waals surface area contributed by atoms with Gasteiger partial charge in [0.25, 0.3) is 0 Å². The van der Waals surface area contributed by atoms with Crippen LogP contribution >= 0.6 is 208 Å². The molecule has 0 saturated carbocycles. The van der Waals surface area contributed by atoms with E-state index in [2.05, 4.69) is 331 Å². The molecule has 6 atom stereocenters. The first-order valence-corrected chi connectivity index (χ1v) is 78.7. The fraction of sp³-hybridized carbons (Fsp3) is 0.364. The van der Waals surface area contributed by atoms with Gasteiger partial charge in [-0.2, -0.15) is 0 Å². The van der Waals surface area contributed by atoms with Crippen LogP contribution in [0.4, 0.5) is 0 Å². The van der Waals surface area contributed by atoms with E-state index in [0.29, 0.717) is 6.99 Å². The van der Waals surface area contributed by atoms with Crippen molar-refractivity contribution in [3.63, 3.8) is 0 Å². The van der Waals surface area contributed by atoms with Crippen LogP contribution in [-0.4, -0.2) is 18.4 Å². The molecule has 0 aliphatic carbocycles. The summed E-state index contributed by atoms with van der Waals surface area (Å²) in [6.45, 7) is 14.1. The molecule has 0 amide bonds. The topological polar surface area (TPSA) is 0 Å². The Labute approximate surface area is 866 Å². The summed E-state index contributed by atoms with van der Waals surface area (Å²) in [7, 11) is 15.6. The maximum absolute atomic E-state index is 5.54. The molecule has 0 spiro atoms. The zero-order valence-corrected chi connectivity index (χ0v) is 98.3. The van der Waals surface area contributed by atoms with Gasteiger partial charge in [-0.15, -0.1) is 119 Å². The molecule has 0 bridgehead atoms. The van der Waals surface area contributed by atoms with Crippen LogP contribution in [0.1, 0.15) is 253 Å². The molecule has 128 heavy (non-hydrogen) atoms. The Bertz CT molecular complexity index is 6240. The predicted molar refractivity (Wildman–Crippen MR) is 662 cm³/mol. The molecule has 0 aliphatic rings. The summed E-state index contributed by atoms with van der Waals surface area (Å²) in [5.74, 6) is 43.4. The first-order chi connectivity index (χ1) is 62.1. The summed E-state index contributed by atoms with van der Waals surface area (Å²) in [5.41, 5.74) is 5.27. The average molecular weight is 2290 g/mol. The van der Waals surface area contributed by atoms with E-state index in [1.807, 2.05) is 98.4 Å². The minimum absolute atomic E-state index is 0. The van der Waals surface area contributed by atoms with Gasteiger partial charge < -0.3 is 0 Å². The van der Waals surface area contributed by atoms with Crippen molar-refractivity contribution in [3.05, 3.63) is 177 Å². The van der Waals surface area contributed by atoms with Crippen LogP contribution < -0.4 is 2.89 Å². The number of aryl methyl sites for hydroxylation is 6. The molecule has 0 aliphatic heterocycles. The molecule has 8 heterocycles. The smallest absolute Gasteiger partial charge is 0.0405 e. The normalized spacial score (nSPS) is 10.8. The largest absolute Gasteiger partial charge is 0.109 e. The van der Waals surface area contributed by atoms with Gasteiger partial charge in [0.2, 0.25) is 0 Å². The van der Waals surface area contributed by atoms with E-state index in [-0.39, 0.29) is 36.8 Å². The van der Waals surface area contributed by atoms with Gasteiger partial charge in [0.15, 0.2) is 0 Å². The number of terminal acetylenes is 1. The van der Waals surface area contributed by atoms with Gasteiger partial charge in [-0.1, -0.05) is 249 Å². The first kappa shape index (κ1) is 109. The molecule has 0 radical (unpaired) electrons. The van der Waals surface area contributed by atoms with Crippen molar-refractivity contribution in [2.75, 3.05) is 0 Å². The number of rotatable bonds is 37. The van der Waals surface area contributed by atoms with Gasteiger partial charge in [-0.05, 0) is 270 Å². The molecule has 21 heteroatoms. The second-order valence-corrected chi connectivity index (χ2v) is 90.8. The number of hydrogen-bond donors (Lipinski definition) is 0. The SMILES string of the molecule is C#CC#CC#CC#CC#CC#CC#CC#CC#Cc1cc(-c2cc(C)c(Br)s2)sc1Br.CCCCCCCCCCCCCCCCc1cc(C)sc1-c1cc2ccc3c(ccc4cc(-c5sc(C)cc5CCCCCCCCCCCCCCCC)sc43)c2s1.Cc1cc2ccc3c(ccc4c[c]([Sn]([CH3])([CH3])[CH3])sc43)c2s1.Clc1ccccc1.PPP(P(P)P)P(P)P.[HH].[HH].[HH].[HH].[HH].[HH].[HH].[HH].[HH].[HH].[HH].[HH].[HH].[HH].[HH].[HH]. The minimum Gasteiger partial charge on any atom is -0.109 e. The van der Waals surface area contributed by atoms with Crippen LogP contribution in [0, 0.1) is 135 Å². The Morgan fingerprint density at radius 2 is 0.719 bits per heavy atom. The van der Waals surface area contributed by atoms with Crippen molar-refractivity contribution in [2.24, 2.45) is 0 Å². The summed E-state index contributed by atoms with van der Waals surface area (Å²) < 4.78 is 9.64. The van der Waals surface area contributed by atoms with Crippen molar-refractivity contribution < 1.29 is 22.8 Å². The summed E-state index contributed by atoms with van der Waals surface area (Å²) >= 11 is 26.1. The standard InChI is InChI=1S/C56H80S4.C27H6Br2S2.C15H9S2.C6H5Cl.3CH3.H11P9.Sn.16H2/c1-5-7-9-11-13-15-17-19-21-23-25-27-29-31-33-45-39-43(3)57-55(45)51-41-47-35-37-50-49(53(47)59-51)38-36-48-42-52(60-54(48)50)56-46(40-44(4)58-56)34-32-30-28-26-24-22-20-18-16-14-12-10-8-6-2;1-3-4-5-6-7-8-9-10-11-12-13-14-15-16-17-18-19-23-21-25(31-27(23)29)24-20-22(2)26(28)30-24;1-9-8-11-3-5-12-13(15(11)17-9)4-2-10-6-7-16-14(10)12;7-6-4-2-1-3-5-6;;;;1-6-9(7(2)3)8(4)5;;;;;;;;;;;;;;;;;/h35-42H,5-34H2,1-4H3;1,20-21H,2H3;2-6,8H,1H3;1-5H;3*1H3;6H,1-5H2;;16*1H. The minimum atomic E-state index is -1.98. The molecule has 698 valence electrons. The monoisotopic (exact) mass is 2280 g/mol. The van der Waals surface area contributed by atoms with E-state index in [1.54, 1.807) is 36.7 Å². The summed E-state index contributed by atoms with van der Waals surface area (Å²) in [5, 5.41) is 12.1. The first-order valence-electron chi connectivity index (χ1n) is 44.6. The fourth-order valence-electron chi connectivity index (χ4n) is 14.8. The van der Waals surface area contributed by atoms with Crippen LogP contribution in [-0.2, 0) is 12.8 Å². The maximum Gasteiger partial charge on any atom is 0.0405 e. The van der Waals surface area contributed by atoms with Crippen molar-refractivity contribution in [1.29, 1.82) is 0 Å². The summed E-state index contributed by atoms with van der Waals surface area (Å²) in [6, 6.07) is 47.3. The molecule has 0 nitrogen and oxygen atoms in total. The van der Waals surface area contributed by atoms with E-state index in [9.17, 15) is 0 Å². The molecular weight excluding hydrogens is 2130 g/mol. The third kappa shape index (κ3) is 36.9. The zero-order valence-electron chi connectivity index (χ0n) is 75.5. The van der Waals surface area contributed by atoms with E-state index < -0.39 is 18.4 Å². The van der Waals surface area contributed by atoms with Gasteiger partial charge >= 0.3 is 138 Å². The quantitative estimate of drug-likeness (QED) is 0.0158. The van der Waals surface area contributed by atoms with E-state index in [0.717, 1.165) is 31.0 Å². The molecule has 0 N–H and O–H groups in total. The molecule has 0 saturated heterocycles. The number of fused-ring (bicyclic) bond motifs is 10. The van der Waals surface area contributed by atoms with E-state index >= 15 is 0 Å². The molecule has 6 unspecified atom stereocenters. The average Bonchev–Trinajstić information content (AvgIpc) is 1.56. The third-order valence-corrected chi connectivity index (χ3v) is 86.6. The number of thiophene rings is 8. The van der Waals surface area contributed by atoms with Crippen LogP contribution in [0.15, 0.2) is 135 Å². The predicted octanol–water partition coefficient (Wildman–Crippen LogP) is 43.9. The Morgan fingerprint density at radius 3 is 1.07 bits per heavy atom. The zero-order chi connectivity index (χ0) is 91.4. The van der Waals surface area contributed by atoms with Crippen molar-refractivity contribution in [2.45, 2.75) is 249 Å². The van der Waals surface area contributed by atoms with Gasteiger partial charge in [0.05, 0.1) is 13.1 Å². The van der Waals surface area contributed by atoms with Crippen LogP contribution in [0.2, 0.25) is 19.8 Å². The second-order valence-electron chi connectivity index (χ2n) is 32.7. The molecule has 13 rings (SSSR count).